The summed E-state index contributed by atoms with van der Waals surface area (Å²) in [7, 11) is 0. The lowest BCUT2D eigenvalue weighted by Crippen LogP contribution is -2.56. The maximum Gasteiger partial charge on any atom is 0.387 e. The van der Waals surface area contributed by atoms with Gasteiger partial charge in [-0.05, 0) is 38.5 Å². The molecule has 5 nitrogen and oxygen atoms in total. The molecule has 1 aromatic carbocycles. The van der Waals surface area contributed by atoms with Gasteiger partial charge in [-0.15, -0.1) is 0 Å². The first kappa shape index (κ1) is 21.2. The lowest BCUT2D eigenvalue weighted by atomic mass is 10.1. The molecule has 1 aliphatic heterocycles. The summed E-state index contributed by atoms with van der Waals surface area (Å²) in [5.74, 6) is 5.49. The summed E-state index contributed by atoms with van der Waals surface area (Å²) in [6.07, 6.45) is 0. The van der Waals surface area contributed by atoms with E-state index in [1.54, 1.807) is 19.9 Å². The highest BCUT2D eigenvalue weighted by Gasteiger charge is 2.34. The van der Waals surface area contributed by atoms with Crippen molar-refractivity contribution in [1.82, 2.24) is 5.01 Å². The van der Waals surface area contributed by atoms with Gasteiger partial charge >= 0.3 is 6.61 Å². The standard InChI is InChI=1S/C15H18ClF2N3O2.C2H6/c1-8(2)13-14(22)20(7-9(3)21(13)19)10-4-5-11(16)12(6-10)23-15(17)18;1-2/h4-6,9,15H,7,19H2,1-3H3;1-2H3. The molecule has 1 aliphatic rings. The van der Waals surface area contributed by atoms with E-state index in [2.05, 4.69) is 4.74 Å². The molecule has 0 radical (unpaired) electrons. The van der Waals surface area contributed by atoms with Crippen molar-refractivity contribution >= 4 is 23.2 Å². The summed E-state index contributed by atoms with van der Waals surface area (Å²) in [6, 6.07) is 4.20. The van der Waals surface area contributed by atoms with Crippen molar-refractivity contribution in [1.29, 1.82) is 0 Å². The number of carbonyl (C=O) groups excluding carboxylic acids is 1. The van der Waals surface area contributed by atoms with Gasteiger partial charge in [0, 0.05) is 18.3 Å². The van der Waals surface area contributed by atoms with Crippen LogP contribution in [0.4, 0.5) is 14.5 Å². The molecule has 1 atom stereocenters. The zero-order valence-corrected chi connectivity index (χ0v) is 15.8. The van der Waals surface area contributed by atoms with Crippen LogP contribution in [0.3, 0.4) is 0 Å². The molecule has 140 valence electrons. The van der Waals surface area contributed by atoms with Crippen LogP contribution in [-0.4, -0.2) is 30.1 Å². The molecule has 0 bridgehead atoms. The van der Waals surface area contributed by atoms with E-state index in [-0.39, 0.29) is 22.7 Å². The van der Waals surface area contributed by atoms with Gasteiger partial charge in [-0.3, -0.25) is 4.79 Å². The van der Waals surface area contributed by atoms with Crippen LogP contribution < -0.4 is 15.5 Å². The Hall–Kier alpha value is -1.86. The third kappa shape index (κ3) is 4.83. The maximum absolute atomic E-state index is 12.7. The van der Waals surface area contributed by atoms with E-state index in [9.17, 15) is 13.6 Å². The summed E-state index contributed by atoms with van der Waals surface area (Å²) in [6.45, 7) is 6.77. The fraction of sp³-hybridized carbons (Fsp3) is 0.471. The highest BCUT2D eigenvalue weighted by Crippen LogP contribution is 2.33. The van der Waals surface area contributed by atoms with Crippen molar-refractivity contribution in [2.24, 2.45) is 5.84 Å². The van der Waals surface area contributed by atoms with Gasteiger partial charge < -0.3 is 14.6 Å². The Labute approximate surface area is 151 Å². The highest BCUT2D eigenvalue weighted by atomic mass is 35.5. The van der Waals surface area contributed by atoms with Gasteiger partial charge in [-0.2, -0.15) is 8.78 Å². The summed E-state index contributed by atoms with van der Waals surface area (Å²) < 4.78 is 29.3. The first-order chi connectivity index (χ1) is 11.7. The van der Waals surface area contributed by atoms with Crippen LogP contribution in [0.25, 0.3) is 0 Å². The van der Waals surface area contributed by atoms with Crippen LogP contribution >= 0.6 is 11.6 Å². The molecule has 1 amide bonds. The molecule has 1 fully saturated rings. The minimum absolute atomic E-state index is 0.0504. The number of hydrogen-bond acceptors (Lipinski definition) is 4. The van der Waals surface area contributed by atoms with Gasteiger partial charge in [0.25, 0.3) is 5.91 Å². The fourth-order valence-electron chi connectivity index (χ4n) is 2.43. The lowest BCUT2D eigenvalue weighted by Gasteiger charge is -2.40. The Morgan fingerprint density at radius 2 is 1.96 bits per heavy atom. The van der Waals surface area contributed by atoms with E-state index < -0.39 is 6.61 Å². The molecule has 0 aromatic heterocycles. The van der Waals surface area contributed by atoms with Gasteiger partial charge in [-0.25, -0.2) is 5.84 Å². The molecule has 25 heavy (non-hydrogen) atoms. The zero-order chi connectivity index (χ0) is 19.3. The van der Waals surface area contributed by atoms with Crippen LogP contribution in [0, 0.1) is 0 Å². The second-order valence-corrected chi connectivity index (χ2v) is 5.92. The van der Waals surface area contributed by atoms with Crippen LogP contribution in [-0.2, 0) is 4.79 Å². The number of benzene rings is 1. The fourth-order valence-corrected chi connectivity index (χ4v) is 2.60. The predicted molar refractivity (Wildman–Crippen MR) is 95.6 cm³/mol. The molecule has 2 N–H and O–H groups in total. The molecule has 0 spiro atoms. The summed E-state index contributed by atoms with van der Waals surface area (Å²) in [5.41, 5.74) is 1.58. The molecule has 8 heteroatoms. The second kappa shape index (κ2) is 9.01. The Morgan fingerprint density at radius 1 is 1.36 bits per heavy atom. The highest BCUT2D eigenvalue weighted by molar-refractivity contribution is 6.32. The summed E-state index contributed by atoms with van der Waals surface area (Å²) in [4.78, 5) is 14.1. The Morgan fingerprint density at radius 3 is 2.48 bits per heavy atom. The van der Waals surface area contributed by atoms with Crippen LogP contribution in [0.2, 0.25) is 5.02 Å². The minimum Gasteiger partial charge on any atom is -0.433 e. The van der Waals surface area contributed by atoms with Crippen molar-refractivity contribution in [3.05, 3.63) is 34.5 Å². The molecule has 0 saturated carbocycles. The van der Waals surface area contributed by atoms with Crippen LogP contribution in [0.15, 0.2) is 29.5 Å². The van der Waals surface area contributed by atoms with Crippen LogP contribution in [0.1, 0.15) is 34.6 Å². The third-order valence-corrected chi connectivity index (χ3v) is 3.86. The van der Waals surface area contributed by atoms with E-state index in [1.165, 1.54) is 22.0 Å². The van der Waals surface area contributed by atoms with E-state index in [0.717, 1.165) is 5.57 Å². The van der Waals surface area contributed by atoms with Gasteiger partial charge in [0.05, 0.1) is 11.1 Å². The second-order valence-electron chi connectivity index (χ2n) is 5.51. The Bertz CT molecular complexity index is 649. The number of hydrogen-bond donors (Lipinski definition) is 1. The largest absolute Gasteiger partial charge is 0.433 e. The van der Waals surface area contributed by atoms with Crippen molar-refractivity contribution in [3.8, 4) is 5.75 Å². The maximum atomic E-state index is 12.7. The first-order valence-corrected chi connectivity index (χ1v) is 8.37. The lowest BCUT2D eigenvalue weighted by molar-refractivity contribution is -0.118. The number of nitrogens with zero attached hydrogens (tertiary/aromatic N) is 2. The number of alkyl halides is 2. The topological polar surface area (TPSA) is 58.8 Å². The average Bonchev–Trinajstić information content (AvgIpc) is 2.54. The normalized spacial score (nSPS) is 17.4. The van der Waals surface area contributed by atoms with Gasteiger partial charge in [0.15, 0.2) is 0 Å². The number of carbonyl (C=O) groups is 1. The minimum atomic E-state index is -2.99. The van der Waals surface area contributed by atoms with E-state index >= 15 is 0 Å². The predicted octanol–water partition coefficient (Wildman–Crippen LogP) is 4.17. The molecule has 2 rings (SSSR count). The zero-order valence-electron chi connectivity index (χ0n) is 15.0. The van der Waals surface area contributed by atoms with Crippen molar-refractivity contribution in [3.63, 3.8) is 0 Å². The smallest absolute Gasteiger partial charge is 0.387 e. The van der Waals surface area contributed by atoms with Gasteiger partial charge in [0.1, 0.15) is 11.4 Å². The number of nitrogens with two attached hydrogens (primary N) is 1. The molecule has 1 aromatic rings. The number of rotatable bonds is 3. The van der Waals surface area contributed by atoms with Crippen LogP contribution in [0.5, 0.6) is 5.75 Å². The quantitative estimate of drug-likeness (QED) is 0.636. The summed E-state index contributed by atoms with van der Waals surface area (Å²) in [5, 5.41) is 1.48. The SMILES string of the molecule is CC.CC(C)=C1C(=O)N(c2ccc(Cl)c(OC(F)F)c2)CC(C)N1N. The molecular weight excluding hydrogens is 352 g/mol. The molecule has 1 saturated heterocycles. The molecule has 1 heterocycles. The number of anilines is 1. The third-order valence-electron chi connectivity index (χ3n) is 3.54. The van der Waals surface area contributed by atoms with Gasteiger partial charge in [0.2, 0.25) is 0 Å². The number of allylic oxidation sites excluding steroid dienone is 1. The molecule has 1 unspecified atom stereocenters. The van der Waals surface area contributed by atoms with E-state index in [1.807, 2.05) is 20.8 Å². The number of ether oxygens (including phenoxy) is 1. The summed E-state index contributed by atoms with van der Waals surface area (Å²) >= 11 is 5.85. The first-order valence-electron chi connectivity index (χ1n) is 8.00. The number of amides is 1. The molecule has 0 aliphatic carbocycles. The number of piperazine rings is 1. The van der Waals surface area contributed by atoms with Crippen molar-refractivity contribution < 1.29 is 18.3 Å². The van der Waals surface area contributed by atoms with E-state index in [0.29, 0.717) is 17.9 Å². The number of halogens is 3. The van der Waals surface area contributed by atoms with Crippen molar-refractivity contribution in [2.75, 3.05) is 11.4 Å². The number of hydrazine groups is 1. The molecular formula is C17H24ClF2N3O2. The average molecular weight is 376 g/mol. The Balaban J connectivity index is 0.00000151. The monoisotopic (exact) mass is 375 g/mol. The van der Waals surface area contributed by atoms with Gasteiger partial charge in [-0.1, -0.05) is 25.4 Å². The van der Waals surface area contributed by atoms with Crippen molar-refractivity contribution in [2.45, 2.75) is 47.3 Å². The Kier molecular flexibility index (Phi) is 7.63. The van der Waals surface area contributed by atoms with E-state index in [4.69, 9.17) is 17.4 Å².